The summed E-state index contributed by atoms with van der Waals surface area (Å²) in [4.78, 5) is 0. The summed E-state index contributed by atoms with van der Waals surface area (Å²) < 4.78 is 47.4. The lowest BCUT2D eigenvalue weighted by molar-refractivity contribution is -0.226. The van der Waals surface area contributed by atoms with Crippen LogP contribution in [0.3, 0.4) is 0 Å². The molecule has 0 spiro atoms. The van der Waals surface area contributed by atoms with Crippen LogP contribution in [0.2, 0.25) is 0 Å². The van der Waals surface area contributed by atoms with E-state index < -0.39 is 18.2 Å². The summed E-state index contributed by atoms with van der Waals surface area (Å²) in [6.45, 7) is 10.4. The fourth-order valence-electron chi connectivity index (χ4n) is 5.58. The molecule has 0 unspecified atom stereocenters. The van der Waals surface area contributed by atoms with E-state index in [1.165, 1.54) is 0 Å². The third-order valence-corrected chi connectivity index (χ3v) is 8.07. The van der Waals surface area contributed by atoms with Gasteiger partial charge in [0.05, 0.1) is 26.4 Å². The number of aliphatic hydroxyl groups is 1. The zero-order valence-corrected chi connectivity index (χ0v) is 27.9. The molecule has 2 fully saturated rings. The molecule has 2 aliphatic heterocycles. The maximum absolute atomic E-state index is 13.4. The molecule has 2 heterocycles. The molecule has 0 amide bonds. The van der Waals surface area contributed by atoms with Gasteiger partial charge in [-0.05, 0) is 42.0 Å². The van der Waals surface area contributed by atoms with Gasteiger partial charge in [-0.3, -0.25) is 0 Å². The predicted octanol–water partition coefficient (Wildman–Crippen LogP) is 6.12. The van der Waals surface area contributed by atoms with E-state index in [2.05, 4.69) is 33.0 Å². The van der Waals surface area contributed by atoms with Gasteiger partial charge >= 0.3 is 0 Å². The first-order valence-electron chi connectivity index (χ1n) is 15.5. The number of ether oxygens (including phenoxy) is 8. The standard InChI is InChI=1S/C36H47NO9/c1-34(2)18-41-32(42-19-34)24-11-13-30(45-22-39-6)28(15-24)36(38,26-9-8-10-27(17-26)37-5)29-16-25(12-14-31(29)46-23-40-7)33-43-20-35(3,4)21-44-33/h8-17,32-33,37-38H,18-23H2,1-7H3. The maximum Gasteiger partial charge on any atom is 0.188 e. The van der Waals surface area contributed by atoms with E-state index >= 15 is 0 Å². The van der Waals surface area contributed by atoms with Crippen molar-refractivity contribution in [2.75, 3.05) is 66.6 Å². The molecule has 5 rings (SSSR count). The zero-order chi connectivity index (χ0) is 33.0. The smallest absolute Gasteiger partial charge is 0.188 e. The van der Waals surface area contributed by atoms with E-state index in [-0.39, 0.29) is 24.4 Å². The Hall–Kier alpha value is -3.22. The number of rotatable bonds is 12. The lowest BCUT2D eigenvalue weighted by Gasteiger charge is -2.37. The first kappa shape index (κ1) is 34.1. The van der Waals surface area contributed by atoms with Gasteiger partial charge in [-0.25, -0.2) is 0 Å². The fourth-order valence-corrected chi connectivity index (χ4v) is 5.58. The second-order valence-electron chi connectivity index (χ2n) is 13.4. The van der Waals surface area contributed by atoms with Crippen LogP contribution in [0.15, 0.2) is 60.7 Å². The van der Waals surface area contributed by atoms with Gasteiger partial charge in [-0.15, -0.1) is 0 Å². The summed E-state index contributed by atoms with van der Waals surface area (Å²) in [6.07, 6.45) is -1.25. The lowest BCUT2D eigenvalue weighted by Crippen LogP contribution is -2.35. The van der Waals surface area contributed by atoms with Crippen molar-refractivity contribution >= 4 is 5.69 Å². The Bertz CT molecular complexity index is 1370. The van der Waals surface area contributed by atoms with E-state index in [0.29, 0.717) is 54.6 Å². The van der Waals surface area contributed by atoms with Crippen LogP contribution in [0.25, 0.3) is 0 Å². The molecule has 0 aromatic heterocycles. The fraction of sp³-hybridized carbons (Fsp3) is 0.500. The molecule has 0 saturated carbocycles. The number of nitrogens with one attached hydrogen (secondary N) is 1. The minimum absolute atomic E-state index is 0.0315. The maximum atomic E-state index is 13.4. The molecular weight excluding hydrogens is 590 g/mol. The average molecular weight is 638 g/mol. The number of methoxy groups -OCH3 is 2. The van der Waals surface area contributed by atoms with Crippen LogP contribution >= 0.6 is 0 Å². The van der Waals surface area contributed by atoms with E-state index in [0.717, 1.165) is 16.8 Å². The molecule has 3 aromatic rings. The minimum atomic E-state index is -1.83. The van der Waals surface area contributed by atoms with Crippen molar-refractivity contribution in [3.8, 4) is 11.5 Å². The largest absolute Gasteiger partial charge is 0.467 e. The number of anilines is 1. The van der Waals surface area contributed by atoms with Crippen molar-refractivity contribution in [2.45, 2.75) is 45.9 Å². The van der Waals surface area contributed by atoms with Crippen LogP contribution in [0, 0.1) is 10.8 Å². The Balaban J connectivity index is 1.73. The number of hydrogen-bond acceptors (Lipinski definition) is 10. The second-order valence-corrected chi connectivity index (χ2v) is 13.4. The summed E-state index contributed by atoms with van der Waals surface area (Å²) >= 11 is 0. The molecule has 0 radical (unpaired) electrons. The van der Waals surface area contributed by atoms with Gasteiger partial charge in [0.1, 0.15) is 17.1 Å². The Morgan fingerprint density at radius 1 is 0.717 bits per heavy atom. The van der Waals surface area contributed by atoms with Crippen molar-refractivity contribution < 1.29 is 43.0 Å². The molecule has 3 aromatic carbocycles. The number of hydrogen-bond donors (Lipinski definition) is 2. The Kier molecular flexibility index (Phi) is 10.6. The molecule has 2 saturated heterocycles. The Morgan fingerprint density at radius 3 is 1.59 bits per heavy atom. The van der Waals surface area contributed by atoms with Crippen molar-refractivity contribution in [1.82, 2.24) is 0 Å². The van der Waals surface area contributed by atoms with Crippen LogP contribution in [0.4, 0.5) is 5.69 Å². The van der Waals surface area contributed by atoms with Gasteiger partial charge < -0.3 is 48.3 Å². The quantitative estimate of drug-likeness (QED) is 0.178. The summed E-state index contributed by atoms with van der Waals surface area (Å²) in [5, 5.41) is 16.6. The molecule has 0 atom stereocenters. The Labute approximate surface area is 271 Å². The third kappa shape index (κ3) is 7.50. The van der Waals surface area contributed by atoms with Crippen LogP contribution in [-0.2, 0) is 34.0 Å². The van der Waals surface area contributed by atoms with Crippen LogP contribution in [0.1, 0.15) is 68.1 Å². The molecule has 10 heteroatoms. The van der Waals surface area contributed by atoms with Gasteiger partial charge in [0.15, 0.2) is 26.2 Å². The summed E-state index contributed by atoms with van der Waals surface area (Å²) in [7, 11) is 4.93. The molecule has 10 nitrogen and oxygen atoms in total. The highest BCUT2D eigenvalue weighted by Gasteiger charge is 2.42. The molecular formula is C36H47NO9. The van der Waals surface area contributed by atoms with Crippen LogP contribution < -0.4 is 14.8 Å². The van der Waals surface area contributed by atoms with Gasteiger partial charge in [-0.2, -0.15) is 0 Å². The first-order valence-corrected chi connectivity index (χ1v) is 15.5. The van der Waals surface area contributed by atoms with E-state index in [9.17, 15) is 5.11 Å². The highest BCUT2D eigenvalue weighted by Crippen LogP contribution is 2.48. The van der Waals surface area contributed by atoms with Crippen molar-refractivity contribution in [1.29, 1.82) is 0 Å². The predicted molar refractivity (Wildman–Crippen MR) is 173 cm³/mol. The molecule has 2 N–H and O–H groups in total. The molecule has 46 heavy (non-hydrogen) atoms. The van der Waals surface area contributed by atoms with E-state index in [4.69, 9.17) is 37.9 Å². The normalized spacial score (nSPS) is 18.7. The van der Waals surface area contributed by atoms with Crippen molar-refractivity contribution in [3.63, 3.8) is 0 Å². The first-order chi connectivity index (χ1) is 22.0. The summed E-state index contributed by atoms with van der Waals surface area (Å²) in [5.74, 6) is 0.822. The summed E-state index contributed by atoms with van der Waals surface area (Å²) in [5.41, 5.74) is 1.68. The SMILES string of the molecule is CNc1cccc(C(O)(c2cc(C3OCC(C)(C)CO3)ccc2OCOC)c2cc(C3OCC(C)(C)CO3)ccc2OCOC)c1. The van der Waals surface area contributed by atoms with Crippen LogP contribution in [0.5, 0.6) is 11.5 Å². The lowest BCUT2D eigenvalue weighted by atomic mass is 9.78. The molecule has 2 aliphatic rings. The van der Waals surface area contributed by atoms with Crippen LogP contribution in [-0.4, -0.2) is 66.4 Å². The minimum Gasteiger partial charge on any atom is -0.467 e. The third-order valence-electron chi connectivity index (χ3n) is 8.07. The summed E-state index contributed by atoms with van der Waals surface area (Å²) in [6, 6.07) is 18.7. The Morgan fingerprint density at radius 2 is 1.17 bits per heavy atom. The number of benzene rings is 3. The van der Waals surface area contributed by atoms with Gasteiger partial charge in [0.2, 0.25) is 0 Å². The highest BCUT2D eigenvalue weighted by molar-refractivity contribution is 5.60. The van der Waals surface area contributed by atoms with E-state index in [1.807, 2.05) is 55.6 Å². The van der Waals surface area contributed by atoms with Crippen molar-refractivity contribution in [3.05, 3.63) is 88.5 Å². The zero-order valence-electron chi connectivity index (χ0n) is 27.9. The molecule has 0 bridgehead atoms. The second kappa shape index (κ2) is 14.3. The van der Waals surface area contributed by atoms with Gasteiger partial charge in [0.25, 0.3) is 0 Å². The topological polar surface area (TPSA) is 106 Å². The monoisotopic (exact) mass is 637 g/mol. The van der Waals surface area contributed by atoms with Gasteiger partial charge in [0, 0.05) is 60.0 Å². The highest BCUT2D eigenvalue weighted by atomic mass is 16.7. The van der Waals surface area contributed by atoms with Crippen molar-refractivity contribution in [2.24, 2.45) is 10.8 Å². The van der Waals surface area contributed by atoms with Gasteiger partial charge in [-0.1, -0.05) is 52.0 Å². The molecule has 0 aliphatic carbocycles. The molecule has 250 valence electrons. The van der Waals surface area contributed by atoms with E-state index in [1.54, 1.807) is 26.4 Å². The average Bonchev–Trinajstić information content (AvgIpc) is 3.06.